The minimum atomic E-state index is -0.216. The van der Waals surface area contributed by atoms with E-state index < -0.39 is 0 Å². The second-order valence-electron chi connectivity index (χ2n) is 9.26. The van der Waals surface area contributed by atoms with E-state index in [1.165, 1.54) is 10.5 Å². The van der Waals surface area contributed by atoms with Crippen LogP contribution in [0, 0.1) is 12.8 Å². The Morgan fingerprint density at radius 2 is 1.50 bits per heavy atom. The van der Waals surface area contributed by atoms with Crippen LogP contribution in [0.5, 0.6) is 0 Å². The van der Waals surface area contributed by atoms with Gasteiger partial charge in [-0.05, 0) is 60.9 Å². The molecule has 0 saturated carbocycles. The number of imide groups is 1. The number of carbonyl (C=O) groups is 2. The van der Waals surface area contributed by atoms with E-state index in [2.05, 4.69) is 34.1 Å². The molecule has 0 atom stereocenters. The third-order valence-corrected chi connectivity index (χ3v) is 6.87. The third-order valence-electron chi connectivity index (χ3n) is 6.87. The van der Waals surface area contributed by atoms with Crippen LogP contribution >= 0.6 is 0 Å². The highest BCUT2D eigenvalue weighted by Gasteiger charge is 2.42. The van der Waals surface area contributed by atoms with Crippen LogP contribution in [0.4, 0.5) is 0 Å². The summed E-state index contributed by atoms with van der Waals surface area (Å²) in [6, 6.07) is 22.2. The Morgan fingerprint density at radius 3 is 2.18 bits per heavy atom. The van der Waals surface area contributed by atoms with Crippen molar-refractivity contribution in [2.24, 2.45) is 5.92 Å². The molecule has 2 aliphatic rings. The van der Waals surface area contributed by atoms with Gasteiger partial charge in [0, 0.05) is 25.5 Å². The Labute approximate surface area is 200 Å². The number of amides is 2. The summed E-state index contributed by atoms with van der Waals surface area (Å²) in [7, 11) is 0. The molecule has 2 aromatic carbocycles. The maximum absolute atomic E-state index is 13.6. The molecule has 1 fully saturated rings. The maximum Gasteiger partial charge on any atom is 0.278 e. The van der Waals surface area contributed by atoms with E-state index in [1.54, 1.807) is 12.4 Å². The van der Waals surface area contributed by atoms with Gasteiger partial charge < -0.3 is 4.90 Å². The lowest BCUT2D eigenvalue weighted by atomic mass is 9.89. The summed E-state index contributed by atoms with van der Waals surface area (Å²) in [5.41, 5.74) is 5.26. The Morgan fingerprint density at radius 1 is 0.824 bits per heavy atom. The van der Waals surface area contributed by atoms with Gasteiger partial charge in [-0.25, -0.2) is 0 Å². The molecule has 34 heavy (non-hydrogen) atoms. The van der Waals surface area contributed by atoms with Crippen LogP contribution in [0.25, 0.3) is 5.57 Å². The fraction of sp³-hybridized carbons (Fsp3) is 0.276. The summed E-state index contributed by atoms with van der Waals surface area (Å²) in [4.78, 5) is 34.8. The van der Waals surface area contributed by atoms with Crippen molar-refractivity contribution in [3.8, 4) is 0 Å². The van der Waals surface area contributed by atoms with Crippen molar-refractivity contribution in [2.75, 3.05) is 13.1 Å². The van der Waals surface area contributed by atoms with Crippen LogP contribution in [0.1, 0.15) is 35.1 Å². The lowest BCUT2D eigenvalue weighted by Gasteiger charge is -2.34. The Hall–Kier alpha value is -3.73. The lowest BCUT2D eigenvalue weighted by molar-refractivity contribution is -0.138. The number of rotatable bonds is 6. The topological polar surface area (TPSA) is 53.5 Å². The second-order valence-corrected chi connectivity index (χ2v) is 9.26. The zero-order valence-electron chi connectivity index (χ0n) is 19.5. The van der Waals surface area contributed by atoms with E-state index in [-0.39, 0.29) is 18.4 Å². The van der Waals surface area contributed by atoms with E-state index >= 15 is 0 Å². The van der Waals surface area contributed by atoms with Gasteiger partial charge in [-0.3, -0.25) is 19.5 Å². The predicted molar refractivity (Wildman–Crippen MR) is 132 cm³/mol. The first-order chi connectivity index (χ1) is 16.6. The molecular formula is C29H29N3O2. The van der Waals surface area contributed by atoms with Gasteiger partial charge in [-0.15, -0.1) is 0 Å². The van der Waals surface area contributed by atoms with Gasteiger partial charge in [0.2, 0.25) is 0 Å². The van der Waals surface area contributed by atoms with Gasteiger partial charge in [-0.2, -0.15) is 0 Å². The second kappa shape index (κ2) is 9.64. The number of carbonyl (C=O) groups excluding carboxylic acids is 2. The van der Waals surface area contributed by atoms with Crippen LogP contribution in [0.15, 0.2) is 84.8 Å². The molecule has 0 unspecified atom stereocenters. The number of benzene rings is 2. The normalized spacial score (nSPS) is 17.1. The molecule has 0 spiro atoms. The molecule has 0 radical (unpaired) electrons. The van der Waals surface area contributed by atoms with E-state index in [4.69, 9.17) is 0 Å². The number of pyridine rings is 1. The average Bonchev–Trinajstić information content (AvgIpc) is 3.11. The molecular weight excluding hydrogens is 422 g/mol. The zero-order chi connectivity index (χ0) is 23.5. The quantitative estimate of drug-likeness (QED) is 0.513. The van der Waals surface area contributed by atoms with Crippen LogP contribution in [-0.2, 0) is 22.6 Å². The van der Waals surface area contributed by atoms with Crippen molar-refractivity contribution >= 4 is 17.4 Å². The van der Waals surface area contributed by atoms with E-state index in [0.29, 0.717) is 17.2 Å². The first-order valence-electron chi connectivity index (χ1n) is 12.0. The molecule has 5 nitrogen and oxygen atoms in total. The smallest absolute Gasteiger partial charge is 0.278 e. The fourth-order valence-electron chi connectivity index (χ4n) is 4.96. The number of likely N-dealkylation sites (tertiary alicyclic amines) is 1. The summed E-state index contributed by atoms with van der Waals surface area (Å²) in [5.74, 6) is 0.174. The molecule has 3 aromatic rings. The van der Waals surface area contributed by atoms with Gasteiger partial charge in [0.1, 0.15) is 5.70 Å². The monoisotopic (exact) mass is 451 g/mol. The molecule has 0 bridgehead atoms. The Bertz CT molecular complexity index is 1200. The van der Waals surface area contributed by atoms with Crippen LogP contribution < -0.4 is 0 Å². The maximum atomic E-state index is 13.6. The SMILES string of the molecule is Cc1ccc(C2=C(N3CCC(Cc4ccccc4)CC3)C(=O)N(Cc3ccncc3)C2=O)cc1. The van der Waals surface area contributed by atoms with Crippen molar-refractivity contribution < 1.29 is 9.59 Å². The summed E-state index contributed by atoms with van der Waals surface area (Å²) >= 11 is 0. The number of aromatic nitrogens is 1. The lowest BCUT2D eigenvalue weighted by Crippen LogP contribution is -2.38. The van der Waals surface area contributed by atoms with E-state index in [0.717, 1.165) is 49.0 Å². The molecule has 5 rings (SSSR count). The van der Waals surface area contributed by atoms with Crippen molar-refractivity contribution in [1.29, 1.82) is 0 Å². The minimum absolute atomic E-state index is 0.195. The van der Waals surface area contributed by atoms with Gasteiger partial charge in [0.05, 0.1) is 12.1 Å². The fourth-order valence-corrected chi connectivity index (χ4v) is 4.96. The van der Waals surface area contributed by atoms with Gasteiger partial charge in [0.15, 0.2) is 0 Å². The van der Waals surface area contributed by atoms with Crippen LogP contribution in [-0.4, -0.2) is 39.7 Å². The number of piperidine rings is 1. The molecule has 1 saturated heterocycles. The summed E-state index contributed by atoms with van der Waals surface area (Å²) in [6.07, 6.45) is 6.44. The van der Waals surface area contributed by atoms with Crippen molar-refractivity contribution in [3.63, 3.8) is 0 Å². The zero-order valence-corrected chi connectivity index (χ0v) is 19.5. The van der Waals surface area contributed by atoms with Crippen molar-refractivity contribution in [2.45, 2.75) is 32.7 Å². The predicted octanol–water partition coefficient (Wildman–Crippen LogP) is 4.62. The molecule has 3 heterocycles. The van der Waals surface area contributed by atoms with Crippen molar-refractivity contribution in [1.82, 2.24) is 14.8 Å². The molecule has 5 heteroatoms. The molecule has 2 amide bonds. The van der Waals surface area contributed by atoms with Crippen LogP contribution in [0.2, 0.25) is 0 Å². The van der Waals surface area contributed by atoms with E-state index in [1.807, 2.05) is 49.4 Å². The number of hydrogen-bond acceptors (Lipinski definition) is 4. The summed E-state index contributed by atoms with van der Waals surface area (Å²) < 4.78 is 0. The largest absolute Gasteiger partial charge is 0.366 e. The Kier molecular flexibility index (Phi) is 6.26. The first kappa shape index (κ1) is 22.1. The molecule has 1 aromatic heterocycles. The molecule has 0 aliphatic carbocycles. The van der Waals surface area contributed by atoms with Crippen molar-refractivity contribution in [3.05, 3.63) is 107 Å². The average molecular weight is 452 g/mol. The van der Waals surface area contributed by atoms with E-state index in [9.17, 15) is 9.59 Å². The summed E-state index contributed by atoms with van der Waals surface area (Å²) in [5, 5.41) is 0. The van der Waals surface area contributed by atoms with Gasteiger partial charge in [-0.1, -0.05) is 60.2 Å². The minimum Gasteiger partial charge on any atom is -0.366 e. The van der Waals surface area contributed by atoms with Gasteiger partial charge >= 0.3 is 0 Å². The summed E-state index contributed by atoms with van der Waals surface area (Å²) in [6.45, 7) is 3.84. The van der Waals surface area contributed by atoms with Gasteiger partial charge in [0.25, 0.3) is 11.8 Å². The highest BCUT2D eigenvalue weighted by Crippen LogP contribution is 2.35. The number of hydrogen-bond donors (Lipinski definition) is 0. The standard InChI is InChI=1S/C29H29N3O2/c1-21-7-9-25(10-8-21)26-27(29(34)32(28(26)33)20-24-11-15-30-16-12-24)31-17-13-23(14-18-31)19-22-5-3-2-4-6-22/h2-12,15-16,23H,13-14,17-20H2,1H3. The Balaban J connectivity index is 1.40. The number of nitrogens with zero attached hydrogens (tertiary/aromatic N) is 3. The third kappa shape index (κ3) is 4.51. The first-order valence-corrected chi connectivity index (χ1v) is 12.0. The van der Waals surface area contributed by atoms with Crippen LogP contribution in [0.3, 0.4) is 0 Å². The highest BCUT2D eigenvalue weighted by atomic mass is 16.2. The number of aryl methyl sites for hydroxylation is 1. The molecule has 172 valence electrons. The molecule has 0 N–H and O–H groups in total. The molecule has 2 aliphatic heterocycles. The highest BCUT2D eigenvalue weighted by molar-refractivity contribution is 6.35.